The van der Waals surface area contributed by atoms with Gasteiger partial charge in [-0.3, -0.25) is 0 Å². The Balaban J connectivity index is 2.72. The molecular weight excluding hydrogens is 132 g/mol. The normalized spacial score (nSPS) is 8.44. The van der Waals surface area contributed by atoms with Crippen molar-refractivity contribution < 1.29 is 8.89 Å². The number of rotatable bonds is 2. The van der Waals surface area contributed by atoms with Gasteiger partial charge in [0.05, 0.1) is 0 Å². The fourth-order valence-corrected chi connectivity index (χ4v) is 0.823. The molecule has 0 radical (unpaired) electrons. The van der Waals surface area contributed by atoms with E-state index in [2.05, 4.69) is 0 Å². The fourth-order valence-electron chi connectivity index (χ4n) is 0.555. The molecule has 2 nitrogen and oxygen atoms in total. The van der Waals surface area contributed by atoms with Crippen molar-refractivity contribution in [1.29, 1.82) is 0 Å². The third-order valence-electron chi connectivity index (χ3n) is 0.927. The minimum atomic E-state index is -1.12. The number of hydrogen-bond donors (Lipinski definition) is 0. The molecule has 0 bridgehead atoms. The van der Waals surface area contributed by atoms with E-state index in [1.165, 1.54) is 0 Å². The van der Waals surface area contributed by atoms with E-state index in [-0.39, 0.29) is 0 Å². The lowest BCUT2D eigenvalue weighted by atomic mass is 10.3. The van der Waals surface area contributed by atoms with Crippen LogP contribution in [0.3, 0.4) is 0 Å². The Morgan fingerprint density at radius 1 is 1.22 bits per heavy atom. The summed E-state index contributed by atoms with van der Waals surface area (Å²) in [5.74, 6) is 0.669. The van der Waals surface area contributed by atoms with E-state index in [0.717, 1.165) is 0 Å². The van der Waals surface area contributed by atoms with Gasteiger partial charge in [-0.2, -0.15) is 0 Å². The predicted molar refractivity (Wildman–Crippen MR) is 34.9 cm³/mol. The van der Waals surface area contributed by atoms with Crippen molar-refractivity contribution in [3.05, 3.63) is 30.3 Å². The second-order valence-electron chi connectivity index (χ2n) is 1.53. The molecule has 0 aliphatic rings. The van der Waals surface area contributed by atoms with Crippen LogP contribution in [0.5, 0.6) is 5.75 Å². The molecule has 0 heterocycles. The van der Waals surface area contributed by atoms with Gasteiger partial charge in [0.15, 0.2) is 0 Å². The highest BCUT2D eigenvalue weighted by Crippen LogP contribution is 2.05. The number of hydrogen-bond acceptors (Lipinski definition) is 2. The summed E-state index contributed by atoms with van der Waals surface area (Å²) in [5.41, 5.74) is 0. The van der Waals surface area contributed by atoms with E-state index in [9.17, 15) is 4.46 Å². The van der Waals surface area contributed by atoms with Crippen LogP contribution in [0, 0.1) is 0 Å². The second-order valence-corrected chi connectivity index (χ2v) is 1.96. The van der Waals surface area contributed by atoms with Crippen molar-refractivity contribution in [2.75, 3.05) is 0 Å². The largest absolute Gasteiger partial charge is 0.492 e. The molecule has 1 rings (SSSR count). The quantitative estimate of drug-likeness (QED) is 0.564. The molecule has 0 spiro atoms. The van der Waals surface area contributed by atoms with Crippen LogP contribution < -0.4 is 4.43 Å². The molecule has 1 aromatic rings. The van der Waals surface area contributed by atoms with Crippen molar-refractivity contribution in [2.45, 2.75) is 0 Å². The summed E-state index contributed by atoms with van der Waals surface area (Å²) in [6, 6.07) is 9.09. The molecule has 0 N–H and O–H groups in total. The molecule has 0 aliphatic heterocycles. The fraction of sp³-hybridized carbons (Fsp3) is 0. The summed E-state index contributed by atoms with van der Waals surface area (Å²) in [7, 11) is -1.12. The first-order valence-electron chi connectivity index (χ1n) is 2.59. The second kappa shape index (κ2) is 3.14. The van der Waals surface area contributed by atoms with E-state index in [4.69, 9.17) is 4.43 Å². The van der Waals surface area contributed by atoms with Crippen molar-refractivity contribution in [3.8, 4) is 5.75 Å². The monoisotopic (exact) mass is 138 g/mol. The van der Waals surface area contributed by atoms with E-state index >= 15 is 0 Å². The minimum Gasteiger partial charge on any atom is -0.489 e. The Bertz CT molecular complexity index is 186. The Kier molecular flexibility index (Phi) is 2.15. The van der Waals surface area contributed by atoms with Gasteiger partial charge < -0.3 is 8.89 Å². The summed E-state index contributed by atoms with van der Waals surface area (Å²) in [6.45, 7) is 0. The molecule has 1 aromatic carbocycles. The molecule has 46 valence electrons. The molecule has 0 atom stereocenters. The highest BCUT2D eigenvalue weighted by atomic mass is 28.2. The summed E-state index contributed by atoms with van der Waals surface area (Å²) >= 11 is 0. The van der Waals surface area contributed by atoms with Crippen LogP contribution in [0.4, 0.5) is 0 Å². The molecule has 0 aliphatic carbocycles. The van der Waals surface area contributed by atoms with Gasteiger partial charge in [0.2, 0.25) is 0 Å². The number of para-hydroxylation sites is 1. The maximum atomic E-state index is 9.96. The van der Waals surface area contributed by atoms with Crippen LogP contribution in [0.2, 0.25) is 0 Å². The molecular formula is C6H6O2Si. The van der Waals surface area contributed by atoms with Crippen molar-refractivity contribution >= 4 is 9.65 Å². The molecule has 3 heteroatoms. The lowest BCUT2D eigenvalue weighted by molar-refractivity contribution is 0.482. The van der Waals surface area contributed by atoms with Gasteiger partial charge >= 0.3 is 9.65 Å². The van der Waals surface area contributed by atoms with Crippen LogP contribution in [0.15, 0.2) is 30.3 Å². The summed E-state index contributed by atoms with van der Waals surface area (Å²) in [4.78, 5) is 0. The first-order chi connectivity index (χ1) is 4.43. The van der Waals surface area contributed by atoms with Gasteiger partial charge in [-0.15, -0.1) is 0 Å². The van der Waals surface area contributed by atoms with Gasteiger partial charge in [-0.05, 0) is 12.1 Å². The van der Waals surface area contributed by atoms with Crippen LogP contribution in [0.1, 0.15) is 0 Å². The highest BCUT2D eigenvalue weighted by Gasteiger charge is 1.84. The smallest absolute Gasteiger partial charge is 0.489 e. The maximum absolute atomic E-state index is 9.96. The van der Waals surface area contributed by atoms with Gasteiger partial charge in [-0.1, -0.05) is 18.2 Å². The van der Waals surface area contributed by atoms with Crippen molar-refractivity contribution in [1.82, 2.24) is 0 Å². The van der Waals surface area contributed by atoms with Crippen molar-refractivity contribution in [2.24, 2.45) is 0 Å². The first kappa shape index (κ1) is 6.16. The standard InChI is InChI=1S/C6H6O2Si/c7-9-8-6-4-2-1-3-5-6/h1-5,9H. The van der Waals surface area contributed by atoms with Crippen LogP contribution in [-0.4, -0.2) is 9.65 Å². The lowest BCUT2D eigenvalue weighted by Crippen LogP contribution is -1.88. The molecule has 9 heavy (non-hydrogen) atoms. The molecule has 0 saturated heterocycles. The predicted octanol–water partition coefficient (Wildman–Crippen LogP) is 0.762. The van der Waals surface area contributed by atoms with Crippen molar-refractivity contribution in [3.63, 3.8) is 0 Å². The van der Waals surface area contributed by atoms with Gasteiger partial charge in [0, 0.05) is 0 Å². The minimum absolute atomic E-state index is 0.669. The third-order valence-corrected chi connectivity index (χ3v) is 1.30. The average molecular weight is 138 g/mol. The Morgan fingerprint density at radius 3 is 2.44 bits per heavy atom. The Labute approximate surface area is 55.5 Å². The lowest BCUT2D eigenvalue weighted by Gasteiger charge is -1.93. The third kappa shape index (κ3) is 1.77. The zero-order chi connectivity index (χ0) is 6.53. The maximum Gasteiger partial charge on any atom is 0.492 e. The van der Waals surface area contributed by atoms with Crippen LogP contribution >= 0.6 is 0 Å². The zero-order valence-corrected chi connectivity index (χ0v) is 5.94. The average Bonchev–Trinajstić information content (AvgIpc) is 1.91. The number of benzene rings is 1. The summed E-state index contributed by atoms with van der Waals surface area (Å²) in [5, 5.41) is 0. The summed E-state index contributed by atoms with van der Waals surface area (Å²) in [6.07, 6.45) is 0. The van der Waals surface area contributed by atoms with E-state index in [0.29, 0.717) is 5.75 Å². The zero-order valence-electron chi connectivity index (χ0n) is 4.78. The van der Waals surface area contributed by atoms with Crippen LogP contribution in [-0.2, 0) is 4.46 Å². The van der Waals surface area contributed by atoms with Crippen LogP contribution in [0.25, 0.3) is 0 Å². The first-order valence-corrected chi connectivity index (χ1v) is 3.53. The molecule has 0 amide bonds. The van der Waals surface area contributed by atoms with Gasteiger partial charge in [0.25, 0.3) is 0 Å². The summed E-state index contributed by atoms with van der Waals surface area (Å²) < 4.78 is 14.7. The van der Waals surface area contributed by atoms with E-state index < -0.39 is 9.65 Å². The Morgan fingerprint density at radius 2 is 1.89 bits per heavy atom. The Hall–Kier alpha value is -0.963. The molecule has 0 fully saturated rings. The molecule has 0 saturated carbocycles. The highest BCUT2D eigenvalue weighted by molar-refractivity contribution is 6.08. The van der Waals surface area contributed by atoms with Gasteiger partial charge in [0.1, 0.15) is 5.75 Å². The topological polar surface area (TPSA) is 26.3 Å². The van der Waals surface area contributed by atoms with Gasteiger partial charge in [-0.25, -0.2) is 0 Å². The van der Waals surface area contributed by atoms with E-state index in [1.807, 2.05) is 18.2 Å². The molecule has 0 aromatic heterocycles. The SMILES string of the molecule is O=[SiH]Oc1ccccc1. The van der Waals surface area contributed by atoms with E-state index in [1.54, 1.807) is 12.1 Å². The molecule has 0 unspecified atom stereocenters.